The summed E-state index contributed by atoms with van der Waals surface area (Å²) in [7, 11) is 0. The fourth-order valence-electron chi connectivity index (χ4n) is 1.29. The second-order valence-electron chi connectivity index (χ2n) is 3.37. The zero-order chi connectivity index (χ0) is 12.3. The average Bonchev–Trinajstić information content (AvgIpc) is 2.32. The number of anilines is 1. The van der Waals surface area contributed by atoms with Gasteiger partial charge in [0.2, 0.25) is 0 Å². The van der Waals surface area contributed by atoms with Crippen LogP contribution in [0, 0.1) is 0 Å². The van der Waals surface area contributed by atoms with Crippen molar-refractivity contribution in [1.82, 2.24) is 4.98 Å². The first kappa shape index (κ1) is 11.4. The number of nitrogens with zero attached hydrogens (tertiary/aromatic N) is 1. The van der Waals surface area contributed by atoms with Crippen molar-refractivity contribution >= 4 is 23.2 Å². The Bertz CT molecular complexity index is 540. The molecule has 0 radical (unpaired) electrons. The number of carbonyl (C=O) groups excluding carboxylic acids is 1. The van der Waals surface area contributed by atoms with Gasteiger partial charge in [-0.2, -0.15) is 0 Å². The fraction of sp³-hybridized carbons (Fsp3) is 0. The van der Waals surface area contributed by atoms with E-state index in [1.54, 1.807) is 18.2 Å². The van der Waals surface area contributed by atoms with Crippen LogP contribution >= 0.6 is 11.6 Å². The fourth-order valence-corrected chi connectivity index (χ4v) is 1.47. The maximum absolute atomic E-state index is 11.8. The molecular weight excluding hydrogens is 240 g/mol. The molecule has 0 bridgehead atoms. The number of hydrogen-bond donors (Lipinski definition) is 2. The van der Waals surface area contributed by atoms with Crippen molar-refractivity contribution in [2.75, 3.05) is 5.32 Å². The van der Waals surface area contributed by atoms with Gasteiger partial charge in [0.05, 0.1) is 0 Å². The summed E-state index contributed by atoms with van der Waals surface area (Å²) in [6.07, 6.45) is 1.47. The van der Waals surface area contributed by atoms with Crippen molar-refractivity contribution in [3.63, 3.8) is 0 Å². The third-order valence-electron chi connectivity index (χ3n) is 2.11. The number of hydrogen-bond acceptors (Lipinski definition) is 3. The van der Waals surface area contributed by atoms with Crippen LogP contribution < -0.4 is 5.32 Å². The van der Waals surface area contributed by atoms with E-state index in [4.69, 9.17) is 16.7 Å². The molecule has 0 fully saturated rings. The molecule has 2 aromatic rings. The highest BCUT2D eigenvalue weighted by molar-refractivity contribution is 6.29. The molecule has 2 N–H and O–H groups in total. The monoisotopic (exact) mass is 248 g/mol. The zero-order valence-electron chi connectivity index (χ0n) is 8.72. The van der Waals surface area contributed by atoms with Gasteiger partial charge in [-0.25, -0.2) is 4.98 Å². The Hall–Kier alpha value is -2.07. The lowest BCUT2D eigenvalue weighted by molar-refractivity contribution is 0.102. The first-order chi connectivity index (χ1) is 8.15. The van der Waals surface area contributed by atoms with E-state index in [9.17, 15) is 4.79 Å². The molecule has 0 unspecified atom stereocenters. The van der Waals surface area contributed by atoms with Gasteiger partial charge in [0.25, 0.3) is 5.91 Å². The lowest BCUT2D eigenvalue weighted by atomic mass is 10.2. The summed E-state index contributed by atoms with van der Waals surface area (Å²) in [6.45, 7) is 0. The van der Waals surface area contributed by atoms with Crippen LogP contribution in [0.3, 0.4) is 0 Å². The summed E-state index contributed by atoms with van der Waals surface area (Å²) in [5.41, 5.74) is 1.03. The number of pyridine rings is 1. The number of aromatic nitrogens is 1. The van der Waals surface area contributed by atoms with Gasteiger partial charge in [-0.15, -0.1) is 0 Å². The number of amides is 1. The standard InChI is InChI=1S/C12H9ClN2O2/c13-11-7-8(5-6-14-11)12(17)15-9-1-3-10(16)4-2-9/h1-7,16H,(H,15,17). The minimum atomic E-state index is -0.278. The third kappa shape index (κ3) is 2.95. The molecule has 0 spiro atoms. The van der Waals surface area contributed by atoms with Crippen molar-refractivity contribution in [3.05, 3.63) is 53.3 Å². The highest BCUT2D eigenvalue weighted by atomic mass is 35.5. The molecule has 86 valence electrons. The minimum absolute atomic E-state index is 0.148. The van der Waals surface area contributed by atoms with Crippen LogP contribution in [0.1, 0.15) is 10.4 Å². The molecule has 0 aliphatic carbocycles. The van der Waals surface area contributed by atoms with Crippen molar-refractivity contribution in [2.45, 2.75) is 0 Å². The predicted molar refractivity (Wildman–Crippen MR) is 65.3 cm³/mol. The smallest absolute Gasteiger partial charge is 0.255 e. The number of aromatic hydroxyl groups is 1. The highest BCUT2D eigenvalue weighted by Crippen LogP contribution is 2.15. The van der Waals surface area contributed by atoms with E-state index >= 15 is 0 Å². The van der Waals surface area contributed by atoms with Crippen LogP contribution in [-0.2, 0) is 0 Å². The Labute approximate surface area is 103 Å². The molecule has 0 aliphatic heterocycles. The normalized spacial score (nSPS) is 9.94. The molecule has 1 aromatic carbocycles. The van der Waals surface area contributed by atoms with Crippen LogP contribution in [0.4, 0.5) is 5.69 Å². The molecule has 1 amide bonds. The maximum Gasteiger partial charge on any atom is 0.255 e. The summed E-state index contributed by atoms with van der Waals surface area (Å²) in [5.74, 6) is -0.130. The molecule has 1 heterocycles. The van der Waals surface area contributed by atoms with Crippen LogP contribution in [0.25, 0.3) is 0 Å². The van der Waals surface area contributed by atoms with E-state index in [-0.39, 0.29) is 16.8 Å². The molecule has 17 heavy (non-hydrogen) atoms. The van der Waals surface area contributed by atoms with Gasteiger partial charge in [-0.05, 0) is 36.4 Å². The highest BCUT2D eigenvalue weighted by Gasteiger charge is 2.06. The third-order valence-corrected chi connectivity index (χ3v) is 2.32. The molecule has 0 saturated carbocycles. The van der Waals surface area contributed by atoms with Gasteiger partial charge in [-0.3, -0.25) is 4.79 Å². The van der Waals surface area contributed by atoms with Gasteiger partial charge < -0.3 is 10.4 Å². The molecule has 4 nitrogen and oxygen atoms in total. The summed E-state index contributed by atoms with van der Waals surface area (Å²) in [6, 6.07) is 9.26. The van der Waals surface area contributed by atoms with Crippen LogP contribution in [0.2, 0.25) is 5.15 Å². The van der Waals surface area contributed by atoms with Gasteiger partial charge >= 0.3 is 0 Å². The zero-order valence-corrected chi connectivity index (χ0v) is 9.48. The molecule has 5 heteroatoms. The number of benzene rings is 1. The first-order valence-corrected chi connectivity index (χ1v) is 5.25. The quantitative estimate of drug-likeness (QED) is 0.634. The molecule has 2 rings (SSSR count). The van der Waals surface area contributed by atoms with E-state index in [0.29, 0.717) is 11.3 Å². The Morgan fingerprint density at radius 3 is 2.59 bits per heavy atom. The number of rotatable bonds is 2. The lowest BCUT2D eigenvalue weighted by Crippen LogP contribution is -2.11. The lowest BCUT2D eigenvalue weighted by Gasteiger charge is -2.05. The average molecular weight is 249 g/mol. The van der Waals surface area contributed by atoms with Gasteiger partial charge in [0.1, 0.15) is 10.9 Å². The largest absolute Gasteiger partial charge is 0.508 e. The van der Waals surface area contributed by atoms with Crippen LogP contribution in [-0.4, -0.2) is 16.0 Å². The van der Waals surface area contributed by atoms with Crippen molar-refractivity contribution < 1.29 is 9.90 Å². The predicted octanol–water partition coefficient (Wildman–Crippen LogP) is 2.69. The van der Waals surface area contributed by atoms with E-state index in [1.165, 1.54) is 24.4 Å². The van der Waals surface area contributed by atoms with Crippen molar-refractivity contribution in [1.29, 1.82) is 0 Å². The van der Waals surface area contributed by atoms with E-state index in [0.717, 1.165) is 0 Å². The number of halogens is 1. The Morgan fingerprint density at radius 1 is 1.24 bits per heavy atom. The van der Waals surface area contributed by atoms with Crippen molar-refractivity contribution in [3.8, 4) is 5.75 Å². The second kappa shape index (κ2) is 4.84. The molecule has 0 saturated heterocycles. The SMILES string of the molecule is O=C(Nc1ccc(O)cc1)c1ccnc(Cl)c1. The van der Waals surface area contributed by atoms with E-state index in [1.807, 2.05) is 0 Å². The Kier molecular flexibility index (Phi) is 3.25. The summed E-state index contributed by atoms with van der Waals surface area (Å²) in [5, 5.41) is 12.0. The van der Waals surface area contributed by atoms with Gasteiger partial charge in [-0.1, -0.05) is 11.6 Å². The van der Waals surface area contributed by atoms with E-state index in [2.05, 4.69) is 10.3 Å². The molecule has 0 atom stereocenters. The van der Waals surface area contributed by atoms with E-state index < -0.39 is 0 Å². The summed E-state index contributed by atoms with van der Waals surface area (Å²) in [4.78, 5) is 15.6. The maximum atomic E-state index is 11.8. The van der Waals surface area contributed by atoms with Crippen LogP contribution in [0.15, 0.2) is 42.6 Å². The Balaban J connectivity index is 2.14. The number of nitrogens with one attached hydrogen (secondary N) is 1. The second-order valence-corrected chi connectivity index (χ2v) is 3.76. The van der Waals surface area contributed by atoms with Gasteiger partial charge in [0.15, 0.2) is 0 Å². The first-order valence-electron chi connectivity index (χ1n) is 4.87. The molecular formula is C12H9ClN2O2. The molecule has 1 aromatic heterocycles. The van der Waals surface area contributed by atoms with Crippen LogP contribution in [0.5, 0.6) is 5.75 Å². The minimum Gasteiger partial charge on any atom is -0.508 e. The number of carbonyl (C=O) groups is 1. The summed E-state index contributed by atoms with van der Waals surface area (Å²) >= 11 is 5.69. The number of phenolic OH excluding ortho intramolecular Hbond substituents is 1. The summed E-state index contributed by atoms with van der Waals surface area (Å²) < 4.78 is 0. The van der Waals surface area contributed by atoms with Crippen molar-refractivity contribution in [2.24, 2.45) is 0 Å². The number of phenols is 1. The molecule has 0 aliphatic rings. The van der Waals surface area contributed by atoms with Gasteiger partial charge in [0, 0.05) is 17.4 Å². The Morgan fingerprint density at radius 2 is 1.94 bits per heavy atom. The topological polar surface area (TPSA) is 62.2 Å².